The van der Waals surface area contributed by atoms with E-state index in [1.54, 1.807) is 0 Å². The van der Waals surface area contributed by atoms with E-state index in [0.717, 1.165) is 31.7 Å². The Morgan fingerprint density at radius 1 is 1.25 bits per heavy atom. The molecular formula is C12H14Cl2N2O3S. The van der Waals surface area contributed by atoms with Gasteiger partial charge >= 0.3 is 0 Å². The molecule has 1 saturated carbocycles. The quantitative estimate of drug-likeness (QED) is 0.887. The van der Waals surface area contributed by atoms with Gasteiger partial charge in [-0.2, -0.15) is 0 Å². The minimum atomic E-state index is -4.04. The van der Waals surface area contributed by atoms with Gasteiger partial charge < -0.3 is 5.32 Å². The number of hydrogen-bond donors (Lipinski definition) is 2. The predicted octanol–water partition coefficient (Wildman–Crippen LogP) is 2.31. The lowest BCUT2D eigenvalue weighted by molar-refractivity contribution is 0.0938. The highest BCUT2D eigenvalue weighted by atomic mass is 35.5. The summed E-state index contributed by atoms with van der Waals surface area (Å²) in [7, 11) is -4.04. The van der Waals surface area contributed by atoms with E-state index in [-0.39, 0.29) is 26.5 Å². The number of nitrogens with two attached hydrogens (primary N) is 1. The van der Waals surface area contributed by atoms with E-state index in [0.29, 0.717) is 0 Å². The van der Waals surface area contributed by atoms with Gasteiger partial charge in [-0.1, -0.05) is 36.0 Å². The maximum Gasteiger partial charge on any atom is 0.253 e. The summed E-state index contributed by atoms with van der Waals surface area (Å²) in [4.78, 5) is 11.8. The van der Waals surface area contributed by atoms with Gasteiger partial charge in [-0.3, -0.25) is 4.79 Å². The van der Waals surface area contributed by atoms with Crippen molar-refractivity contribution in [2.45, 2.75) is 36.6 Å². The molecular weight excluding hydrogens is 323 g/mol. The Morgan fingerprint density at radius 3 is 2.40 bits per heavy atom. The van der Waals surface area contributed by atoms with Crippen molar-refractivity contribution in [3.63, 3.8) is 0 Å². The van der Waals surface area contributed by atoms with Gasteiger partial charge in [0, 0.05) is 11.1 Å². The number of sulfonamides is 1. The minimum absolute atomic E-state index is 0.0232. The summed E-state index contributed by atoms with van der Waals surface area (Å²) in [5.41, 5.74) is 0.0232. The van der Waals surface area contributed by atoms with Crippen LogP contribution in [0.3, 0.4) is 0 Å². The van der Waals surface area contributed by atoms with E-state index < -0.39 is 15.9 Å². The van der Waals surface area contributed by atoms with Crippen LogP contribution in [0.15, 0.2) is 17.0 Å². The molecule has 1 aliphatic rings. The van der Waals surface area contributed by atoms with Crippen molar-refractivity contribution < 1.29 is 13.2 Å². The van der Waals surface area contributed by atoms with Gasteiger partial charge in [0.25, 0.3) is 5.91 Å². The van der Waals surface area contributed by atoms with Crippen LogP contribution in [0.2, 0.25) is 10.0 Å². The first-order chi connectivity index (χ1) is 9.29. The molecule has 1 aromatic carbocycles. The predicted molar refractivity (Wildman–Crippen MR) is 77.6 cm³/mol. The number of carbonyl (C=O) groups is 1. The largest absolute Gasteiger partial charge is 0.349 e. The molecule has 0 aromatic heterocycles. The van der Waals surface area contributed by atoms with Gasteiger partial charge in [0.1, 0.15) is 4.90 Å². The van der Waals surface area contributed by atoms with Crippen LogP contribution in [0, 0.1) is 0 Å². The monoisotopic (exact) mass is 336 g/mol. The fraction of sp³-hybridized carbons (Fsp3) is 0.417. The van der Waals surface area contributed by atoms with Crippen LogP contribution >= 0.6 is 23.2 Å². The molecule has 1 aliphatic carbocycles. The first-order valence-electron chi connectivity index (χ1n) is 6.12. The van der Waals surface area contributed by atoms with Crippen molar-refractivity contribution in [1.82, 2.24) is 5.32 Å². The summed E-state index contributed by atoms with van der Waals surface area (Å²) in [6, 6.07) is 2.56. The maximum atomic E-state index is 12.2. The van der Waals surface area contributed by atoms with E-state index in [1.807, 2.05) is 0 Å². The van der Waals surface area contributed by atoms with Gasteiger partial charge in [0.15, 0.2) is 0 Å². The standard InChI is InChI=1S/C12H14Cl2N2O3S/c13-7-5-9(11(14)10(6-7)20(15,18)19)12(17)16-8-3-1-2-4-8/h5-6,8H,1-4H2,(H,16,17)(H2,15,18,19). The van der Waals surface area contributed by atoms with Gasteiger partial charge in [-0.15, -0.1) is 0 Å². The maximum absolute atomic E-state index is 12.2. The average molecular weight is 337 g/mol. The van der Waals surface area contributed by atoms with E-state index in [4.69, 9.17) is 28.3 Å². The molecule has 0 radical (unpaired) electrons. The summed E-state index contributed by atoms with van der Waals surface area (Å²) >= 11 is 11.8. The van der Waals surface area contributed by atoms with Crippen LogP contribution in [0.1, 0.15) is 36.0 Å². The fourth-order valence-electron chi connectivity index (χ4n) is 2.27. The lowest BCUT2D eigenvalue weighted by atomic mass is 10.2. The van der Waals surface area contributed by atoms with Crippen molar-refractivity contribution in [2.75, 3.05) is 0 Å². The van der Waals surface area contributed by atoms with E-state index in [2.05, 4.69) is 5.32 Å². The Balaban J connectivity index is 2.36. The Bertz CT molecular complexity index is 640. The molecule has 5 nitrogen and oxygen atoms in total. The Kier molecular flexibility index (Phi) is 4.59. The molecule has 20 heavy (non-hydrogen) atoms. The number of nitrogens with one attached hydrogen (secondary N) is 1. The highest BCUT2D eigenvalue weighted by molar-refractivity contribution is 7.89. The van der Waals surface area contributed by atoms with E-state index in [9.17, 15) is 13.2 Å². The first kappa shape index (κ1) is 15.6. The molecule has 0 bridgehead atoms. The van der Waals surface area contributed by atoms with Crippen molar-refractivity contribution in [2.24, 2.45) is 5.14 Å². The molecule has 1 amide bonds. The zero-order chi connectivity index (χ0) is 14.9. The molecule has 0 unspecified atom stereocenters. The molecule has 0 saturated heterocycles. The lowest BCUT2D eigenvalue weighted by Gasteiger charge is -2.14. The lowest BCUT2D eigenvalue weighted by Crippen LogP contribution is -2.33. The van der Waals surface area contributed by atoms with Crippen molar-refractivity contribution in [3.05, 3.63) is 27.7 Å². The smallest absolute Gasteiger partial charge is 0.253 e. The summed E-state index contributed by atoms with van der Waals surface area (Å²) in [5, 5.41) is 7.77. The molecule has 3 N–H and O–H groups in total. The molecule has 1 aromatic rings. The van der Waals surface area contributed by atoms with Crippen LogP contribution in [0.4, 0.5) is 0 Å². The summed E-state index contributed by atoms with van der Waals surface area (Å²) in [6.07, 6.45) is 3.95. The van der Waals surface area contributed by atoms with Crippen molar-refractivity contribution >= 4 is 39.1 Å². The van der Waals surface area contributed by atoms with Crippen LogP contribution in [0.5, 0.6) is 0 Å². The zero-order valence-electron chi connectivity index (χ0n) is 10.5. The Morgan fingerprint density at radius 2 is 1.85 bits per heavy atom. The van der Waals surface area contributed by atoms with Gasteiger partial charge in [0.05, 0.1) is 10.6 Å². The second kappa shape index (κ2) is 5.89. The second-order valence-corrected chi connectivity index (χ2v) is 7.11. The normalized spacial score (nSPS) is 16.4. The molecule has 0 atom stereocenters. The third kappa shape index (κ3) is 3.44. The summed E-state index contributed by atoms with van der Waals surface area (Å²) < 4.78 is 22.9. The van der Waals surface area contributed by atoms with Crippen LogP contribution in [0.25, 0.3) is 0 Å². The molecule has 0 aliphatic heterocycles. The fourth-order valence-corrected chi connectivity index (χ4v) is 3.72. The Labute approximate surface area is 127 Å². The van der Waals surface area contributed by atoms with Gasteiger partial charge in [0.2, 0.25) is 10.0 Å². The van der Waals surface area contributed by atoms with Crippen LogP contribution in [-0.4, -0.2) is 20.4 Å². The molecule has 0 heterocycles. The average Bonchev–Trinajstić information content (AvgIpc) is 2.83. The van der Waals surface area contributed by atoms with E-state index >= 15 is 0 Å². The van der Waals surface area contributed by atoms with Crippen molar-refractivity contribution in [3.8, 4) is 0 Å². The van der Waals surface area contributed by atoms with Gasteiger partial charge in [-0.25, -0.2) is 13.6 Å². The SMILES string of the molecule is NS(=O)(=O)c1cc(Cl)cc(C(=O)NC2CCCC2)c1Cl. The zero-order valence-corrected chi connectivity index (χ0v) is 12.9. The molecule has 110 valence electrons. The van der Waals surface area contributed by atoms with E-state index in [1.165, 1.54) is 6.07 Å². The number of amides is 1. The third-order valence-corrected chi connectivity index (χ3v) is 4.92. The molecule has 2 rings (SSSR count). The number of carbonyl (C=O) groups excluding carboxylic acids is 1. The Hall–Kier alpha value is -0.820. The minimum Gasteiger partial charge on any atom is -0.349 e. The molecule has 1 fully saturated rings. The number of halogens is 2. The van der Waals surface area contributed by atoms with Crippen LogP contribution < -0.4 is 10.5 Å². The molecule has 8 heteroatoms. The highest BCUT2D eigenvalue weighted by Gasteiger charge is 2.24. The summed E-state index contributed by atoms with van der Waals surface area (Å²) in [5.74, 6) is -0.436. The number of rotatable bonds is 3. The first-order valence-corrected chi connectivity index (χ1v) is 8.42. The second-order valence-electron chi connectivity index (χ2n) is 4.77. The van der Waals surface area contributed by atoms with Gasteiger partial charge in [-0.05, 0) is 25.0 Å². The third-order valence-electron chi connectivity index (χ3n) is 3.25. The van der Waals surface area contributed by atoms with Crippen LogP contribution in [-0.2, 0) is 10.0 Å². The van der Waals surface area contributed by atoms with Crippen molar-refractivity contribution in [1.29, 1.82) is 0 Å². The highest BCUT2D eigenvalue weighted by Crippen LogP contribution is 2.29. The topological polar surface area (TPSA) is 89.3 Å². The number of benzene rings is 1. The molecule has 0 spiro atoms. The number of hydrogen-bond acceptors (Lipinski definition) is 3. The summed E-state index contributed by atoms with van der Waals surface area (Å²) in [6.45, 7) is 0. The number of primary sulfonamides is 1.